The van der Waals surface area contributed by atoms with Gasteiger partial charge in [0.15, 0.2) is 0 Å². The number of ether oxygens (including phenoxy) is 1. The molecule has 0 aliphatic carbocycles. The fourth-order valence-electron chi connectivity index (χ4n) is 2.86. The van der Waals surface area contributed by atoms with E-state index < -0.39 is 0 Å². The Kier molecular flexibility index (Phi) is 5.28. The number of carbonyl (C=O) groups is 2. The first-order chi connectivity index (χ1) is 12.2. The van der Waals surface area contributed by atoms with Crippen LogP contribution < -0.4 is 4.90 Å². The van der Waals surface area contributed by atoms with Crippen LogP contribution in [0.5, 0.6) is 0 Å². The van der Waals surface area contributed by atoms with Gasteiger partial charge in [-0.1, -0.05) is 0 Å². The number of carbonyl (C=O) groups excluding carboxylic acids is 2. The number of anilines is 1. The summed E-state index contributed by atoms with van der Waals surface area (Å²) in [6.45, 7) is 4.99. The van der Waals surface area contributed by atoms with Gasteiger partial charge in [0.05, 0.1) is 17.7 Å². The molecule has 1 aliphatic heterocycles. The normalized spacial score (nSPS) is 14.3. The number of esters is 1. The van der Waals surface area contributed by atoms with Crippen molar-refractivity contribution < 1.29 is 14.3 Å². The van der Waals surface area contributed by atoms with Gasteiger partial charge in [0.1, 0.15) is 0 Å². The molecule has 2 aromatic rings. The van der Waals surface area contributed by atoms with Crippen LogP contribution in [-0.2, 0) is 4.74 Å². The van der Waals surface area contributed by atoms with Gasteiger partial charge >= 0.3 is 5.97 Å². The molecule has 0 atom stereocenters. The molecule has 130 valence electrons. The molecule has 1 saturated heterocycles. The summed E-state index contributed by atoms with van der Waals surface area (Å²) in [6.07, 6.45) is 3.26. The van der Waals surface area contributed by atoms with Crippen molar-refractivity contribution in [2.75, 3.05) is 37.7 Å². The Morgan fingerprint density at radius 3 is 2.36 bits per heavy atom. The van der Waals surface area contributed by atoms with Crippen molar-refractivity contribution >= 4 is 17.6 Å². The van der Waals surface area contributed by atoms with Gasteiger partial charge in [-0.25, -0.2) is 4.79 Å². The maximum Gasteiger partial charge on any atom is 0.338 e. The molecular formula is C19H21N3O3. The molecule has 0 N–H and O–H groups in total. The van der Waals surface area contributed by atoms with Crippen LogP contribution in [0.3, 0.4) is 0 Å². The predicted molar refractivity (Wildman–Crippen MR) is 94.8 cm³/mol. The van der Waals surface area contributed by atoms with Crippen LogP contribution in [0.4, 0.5) is 5.69 Å². The summed E-state index contributed by atoms with van der Waals surface area (Å²) in [5.41, 5.74) is 2.22. The molecule has 3 rings (SSSR count). The summed E-state index contributed by atoms with van der Waals surface area (Å²) in [5.74, 6) is -0.286. The molecular weight excluding hydrogens is 318 g/mol. The highest BCUT2D eigenvalue weighted by Gasteiger charge is 2.22. The number of nitrogens with zero attached hydrogens (tertiary/aromatic N) is 3. The molecule has 1 aliphatic rings. The van der Waals surface area contributed by atoms with Crippen molar-refractivity contribution in [3.05, 3.63) is 59.9 Å². The Morgan fingerprint density at radius 2 is 1.76 bits per heavy atom. The van der Waals surface area contributed by atoms with Gasteiger partial charge in [-0.05, 0) is 43.3 Å². The summed E-state index contributed by atoms with van der Waals surface area (Å²) in [7, 11) is 0. The molecule has 6 heteroatoms. The van der Waals surface area contributed by atoms with E-state index in [1.54, 1.807) is 43.6 Å². The van der Waals surface area contributed by atoms with Gasteiger partial charge in [-0.3, -0.25) is 9.78 Å². The van der Waals surface area contributed by atoms with E-state index in [1.807, 2.05) is 17.0 Å². The summed E-state index contributed by atoms with van der Waals surface area (Å²) in [5, 5.41) is 0. The maximum absolute atomic E-state index is 12.4. The first-order valence-corrected chi connectivity index (χ1v) is 8.40. The lowest BCUT2D eigenvalue weighted by Gasteiger charge is -2.36. The number of piperazine rings is 1. The third-order valence-electron chi connectivity index (χ3n) is 4.22. The Morgan fingerprint density at radius 1 is 1.04 bits per heavy atom. The van der Waals surface area contributed by atoms with E-state index in [0.717, 1.165) is 18.8 Å². The van der Waals surface area contributed by atoms with E-state index in [4.69, 9.17) is 4.74 Å². The van der Waals surface area contributed by atoms with E-state index in [1.165, 1.54) is 0 Å². The van der Waals surface area contributed by atoms with E-state index in [9.17, 15) is 9.59 Å². The molecule has 0 unspecified atom stereocenters. The number of hydrogen-bond donors (Lipinski definition) is 0. The lowest BCUT2D eigenvalue weighted by Crippen LogP contribution is -2.48. The van der Waals surface area contributed by atoms with E-state index in [-0.39, 0.29) is 11.9 Å². The highest BCUT2D eigenvalue weighted by Crippen LogP contribution is 2.18. The molecule has 0 spiro atoms. The zero-order valence-electron chi connectivity index (χ0n) is 14.2. The van der Waals surface area contributed by atoms with Crippen LogP contribution in [0.1, 0.15) is 27.6 Å². The zero-order valence-corrected chi connectivity index (χ0v) is 14.2. The zero-order chi connectivity index (χ0) is 17.6. The summed E-state index contributed by atoms with van der Waals surface area (Å²) >= 11 is 0. The Bertz CT molecular complexity index is 723. The second-order valence-corrected chi connectivity index (χ2v) is 5.79. The Balaban J connectivity index is 1.59. The number of pyridine rings is 1. The predicted octanol–water partition coefficient (Wildman–Crippen LogP) is 2.22. The van der Waals surface area contributed by atoms with Crippen molar-refractivity contribution in [3.63, 3.8) is 0 Å². The topological polar surface area (TPSA) is 62.7 Å². The third kappa shape index (κ3) is 3.96. The van der Waals surface area contributed by atoms with Gasteiger partial charge in [-0.15, -0.1) is 0 Å². The minimum absolute atomic E-state index is 0.0189. The molecule has 1 amide bonds. The molecule has 0 bridgehead atoms. The van der Waals surface area contributed by atoms with Crippen LogP contribution in [0, 0.1) is 0 Å². The van der Waals surface area contributed by atoms with Gasteiger partial charge < -0.3 is 14.5 Å². The summed E-state index contributed by atoms with van der Waals surface area (Å²) in [6, 6.07) is 11.0. The molecule has 0 radical (unpaired) electrons. The molecule has 25 heavy (non-hydrogen) atoms. The highest BCUT2D eigenvalue weighted by molar-refractivity contribution is 5.94. The number of benzene rings is 1. The SMILES string of the molecule is CCOC(=O)c1ccc(N2CCN(C(=O)c3cccnc3)CC2)cc1. The summed E-state index contributed by atoms with van der Waals surface area (Å²) in [4.78, 5) is 32.2. The first kappa shape index (κ1) is 17.0. The van der Waals surface area contributed by atoms with Gasteiger partial charge in [0.25, 0.3) is 5.91 Å². The van der Waals surface area contributed by atoms with Crippen LogP contribution >= 0.6 is 0 Å². The average Bonchev–Trinajstić information content (AvgIpc) is 2.68. The average molecular weight is 339 g/mol. The molecule has 1 aromatic carbocycles. The van der Waals surface area contributed by atoms with Gasteiger partial charge in [0, 0.05) is 44.3 Å². The van der Waals surface area contributed by atoms with Crippen molar-refractivity contribution in [1.82, 2.24) is 9.88 Å². The summed E-state index contributed by atoms with van der Waals surface area (Å²) < 4.78 is 4.99. The maximum atomic E-state index is 12.4. The minimum atomic E-state index is -0.305. The largest absolute Gasteiger partial charge is 0.462 e. The molecule has 0 saturated carbocycles. The van der Waals surface area contributed by atoms with Gasteiger partial charge in [-0.2, -0.15) is 0 Å². The fourth-order valence-corrected chi connectivity index (χ4v) is 2.86. The van der Waals surface area contributed by atoms with Gasteiger partial charge in [0.2, 0.25) is 0 Å². The standard InChI is InChI=1S/C19H21N3O3/c1-2-25-19(24)15-5-7-17(8-6-15)21-10-12-22(13-11-21)18(23)16-4-3-9-20-14-16/h3-9,14H,2,10-13H2,1H3. The molecule has 1 aromatic heterocycles. The van der Waals surface area contributed by atoms with Crippen molar-refractivity contribution in [1.29, 1.82) is 0 Å². The van der Waals surface area contributed by atoms with Crippen LogP contribution in [0.15, 0.2) is 48.8 Å². The second-order valence-electron chi connectivity index (χ2n) is 5.79. The Labute approximate surface area is 147 Å². The third-order valence-corrected chi connectivity index (χ3v) is 4.22. The molecule has 1 fully saturated rings. The lowest BCUT2D eigenvalue weighted by atomic mass is 10.1. The molecule has 6 nitrogen and oxygen atoms in total. The quantitative estimate of drug-likeness (QED) is 0.799. The fraction of sp³-hybridized carbons (Fsp3) is 0.316. The smallest absolute Gasteiger partial charge is 0.338 e. The molecule has 2 heterocycles. The number of aromatic nitrogens is 1. The lowest BCUT2D eigenvalue weighted by molar-refractivity contribution is 0.0526. The Hall–Kier alpha value is -2.89. The van der Waals surface area contributed by atoms with E-state index in [0.29, 0.717) is 30.8 Å². The number of rotatable bonds is 4. The number of hydrogen-bond acceptors (Lipinski definition) is 5. The minimum Gasteiger partial charge on any atom is -0.462 e. The van der Waals surface area contributed by atoms with Crippen molar-refractivity contribution in [2.45, 2.75) is 6.92 Å². The van der Waals surface area contributed by atoms with Crippen LogP contribution in [0.2, 0.25) is 0 Å². The monoisotopic (exact) mass is 339 g/mol. The van der Waals surface area contributed by atoms with Crippen LogP contribution in [-0.4, -0.2) is 54.5 Å². The first-order valence-electron chi connectivity index (χ1n) is 8.40. The van der Waals surface area contributed by atoms with Crippen molar-refractivity contribution in [2.24, 2.45) is 0 Å². The number of amides is 1. The van der Waals surface area contributed by atoms with E-state index >= 15 is 0 Å². The van der Waals surface area contributed by atoms with Crippen molar-refractivity contribution in [3.8, 4) is 0 Å². The second kappa shape index (κ2) is 7.79. The van der Waals surface area contributed by atoms with E-state index in [2.05, 4.69) is 9.88 Å². The van der Waals surface area contributed by atoms with Crippen LogP contribution in [0.25, 0.3) is 0 Å². The highest BCUT2D eigenvalue weighted by atomic mass is 16.5.